The van der Waals surface area contributed by atoms with Crippen molar-refractivity contribution in [2.45, 2.75) is 45.4 Å². The molecule has 1 atom stereocenters. The Bertz CT molecular complexity index is 817. The molecule has 1 N–H and O–H groups in total. The molecule has 0 saturated carbocycles. The molecule has 1 saturated heterocycles. The average Bonchev–Trinajstić information content (AvgIpc) is 3.12. The number of hydrogen-bond donors (Lipinski definition) is 1. The Hall–Kier alpha value is -2.06. The van der Waals surface area contributed by atoms with Gasteiger partial charge < -0.3 is 15.0 Å². The van der Waals surface area contributed by atoms with Crippen molar-refractivity contribution in [3.8, 4) is 0 Å². The van der Waals surface area contributed by atoms with Gasteiger partial charge in [0.25, 0.3) is 0 Å². The quantitative estimate of drug-likeness (QED) is 0.717. The third-order valence-electron chi connectivity index (χ3n) is 5.05. The van der Waals surface area contributed by atoms with E-state index in [4.69, 9.17) is 4.74 Å². The van der Waals surface area contributed by atoms with Crippen molar-refractivity contribution in [1.82, 2.24) is 20.1 Å². The number of hydrogen-bond acceptors (Lipinski definition) is 6. The van der Waals surface area contributed by atoms with Gasteiger partial charge in [0.1, 0.15) is 0 Å². The monoisotopic (exact) mass is 403 g/mol. The van der Waals surface area contributed by atoms with Crippen molar-refractivity contribution in [3.63, 3.8) is 0 Å². The van der Waals surface area contributed by atoms with Crippen LogP contribution in [0.1, 0.15) is 36.6 Å². The molecule has 3 rings (SSSR count). The van der Waals surface area contributed by atoms with Gasteiger partial charge in [-0.05, 0) is 44.4 Å². The summed E-state index contributed by atoms with van der Waals surface area (Å²) in [6.45, 7) is 12.1. The molecular weight excluding hydrogens is 374 g/mol. The van der Waals surface area contributed by atoms with Gasteiger partial charge >= 0.3 is 0 Å². The van der Waals surface area contributed by atoms with Crippen molar-refractivity contribution < 1.29 is 9.53 Å². The number of aromatic nitrogens is 3. The first-order valence-corrected chi connectivity index (χ1v) is 10.7. The zero-order valence-corrected chi connectivity index (χ0v) is 17.9. The Kier molecular flexibility index (Phi) is 6.96. The molecule has 1 aliphatic rings. The first-order valence-electron chi connectivity index (χ1n) is 9.74. The molecule has 2 heterocycles. The van der Waals surface area contributed by atoms with E-state index in [0.29, 0.717) is 19.0 Å². The molecule has 0 radical (unpaired) electrons. The second-order valence-corrected chi connectivity index (χ2v) is 7.99. The summed E-state index contributed by atoms with van der Waals surface area (Å²) in [5.41, 5.74) is 3.61. The first kappa shape index (κ1) is 20.7. The van der Waals surface area contributed by atoms with Gasteiger partial charge in [-0.2, -0.15) is 0 Å². The smallest absolute Gasteiger partial charge is 0.230 e. The van der Waals surface area contributed by atoms with Gasteiger partial charge in [-0.25, -0.2) is 0 Å². The van der Waals surface area contributed by atoms with Crippen LogP contribution in [-0.2, 0) is 16.1 Å². The number of carbonyl (C=O) groups is 1. The predicted octanol–water partition coefficient (Wildman–Crippen LogP) is 2.72. The van der Waals surface area contributed by atoms with Crippen molar-refractivity contribution >= 4 is 23.6 Å². The van der Waals surface area contributed by atoms with E-state index in [2.05, 4.69) is 64.0 Å². The highest BCUT2D eigenvalue weighted by atomic mass is 32.2. The van der Waals surface area contributed by atoms with Crippen molar-refractivity contribution in [2.75, 3.05) is 37.0 Å². The standard InChI is InChI=1S/C20H29N5O2S/c1-5-25-19(24-8-10-27-11-9-24)22-23-20(25)28-13-18(26)21-16(4)17-7-6-14(2)15(3)12-17/h6-7,12,16H,5,8-11,13H2,1-4H3,(H,21,26)/t16-/m0/s1. The Labute approximate surface area is 170 Å². The number of benzene rings is 1. The highest BCUT2D eigenvalue weighted by Gasteiger charge is 2.20. The minimum absolute atomic E-state index is 0.00527. The van der Waals surface area contributed by atoms with Gasteiger partial charge in [0, 0.05) is 19.6 Å². The zero-order valence-electron chi connectivity index (χ0n) is 17.1. The lowest BCUT2D eigenvalue weighted by Gasteiger charge is -2.27. The van der Waals surface area contributed by atoms with Crippen LogP contribution in [0.4, 0.5) is 5.95 Å². The van der Waals surface area contributed by atoms with E-state index in [1.54, 1.807) is 0 Å². The van der Waals surface area contributed by atoms with Gasteiger partial charge in [-0.15, -0.1) is 10.2 Å². The van der Waals surface area contributed by atoms with Crippen LogP contribution in [0.15, 0.2) is 23.4 Å². The molecule has 28 heavy (non-hydrogen) atoms. The molecule has 1 aliphatic heterocycles. The van der Waals surface area contributed by atoms with Gasteiger partial charge in [-0.3, -0.25) is 9.36 Å². The summed E-state index contributed by atoms with van der Waals surface area (Å²) in [5, 5.41) is 12.5. The highest BCUT2D eigenvalue weighted by Crippen LogP contribution is 2.23. The van der Waals surface area contributed by atoms with E-state index in [9.17, 15) is 4.79 Å². The number of nitrogens with one attached hydrogen (secondary N) is 1. The third kappa shape index (κ3) is 4.86. The molecule has 1 aromatic carbocycles. The van der Waals surface area contributed by atoms with Crippen molar-refractivity contribution in [1.29, 1.82) is 0 Å². The van der Waals surface area contributed by atoms with E-state index in [1.165, 1.54) is 22.9 Å². The van der Waals surface area contributed by atoms with E-state index in [1.807, 2.05) is 6.92 Å². The number of anilines is 1. The largest absolute Gasteiger partial charge is 0.378 e. The number of amides is 1. The lowest BCUT2D eigenvalue weighted by atomic mass is 10.0. The SMILES string of the molecule is CCn1c(SCC(=O)N[C@@H](C)c2ccc(C)c(C)c2)nnc1N1CCOCC1. The summed E-state index contributed by atoms with van der Waals surface area (Å²) in [6, 6.07) is 6.28. The van der Waals surface area contributed by atoms with Gasteiger partial charge in [0.15, 0.2) is 5.16 Å². The predicted molar refractivity (Wildman–Crippen MR) is 112 cm³/mol. The molecule has 0 unspecified atom stereocenters. The normalized spacial score (nSPS) is 15.5. The topological polar surface area (TPSA) is 72.3 Å². The van der Waals surface area contributed by atoms with Crippen LogP contribution in [0.5, 0.6) is 0 Å². The summed E-state index contributed by atoms with van der Waals surface area (Å²) >= 11 is 1.43. The number of rotatable bonds is 7. The van der Waals surface area contributed by atoms with Crippen LogP contribution >= 0.6 is 11.8 Å². The molecule has 8 heteroatoms. The van der Waals surface area contributed by atoms with Gasteiger partial charge in [0.2, 0.25) is 11.9 Å². The minimum atomic E-state index is -0.0274. The number of nitrogens with zero attached hydrogens (tertiary/aromatic N) is 4. The number of carbonyl (C=O) groups excluding carboxylic acids is 1. The Morgan fingerprint density at radius 1 is 1.25 bits per heavy atom. The number of morpholine rings is 1. The molecule has 7 nitrogen and oxygen atoms in total. The molecule has 1 amide bonds. The van der Waals surface area contributed by atoms with Crippen LogP contribution in [0.3, 0.4) is 0 Å². The first-order chi connectivity index (χ1) is 13.5. The van der Waals surface area contributed by atoms with Crippen LogP contribution in [0.25, 0.3) is 0 Å². The maximum Gasteiger partial charge on any atom is 0.230 e. The number of ether oxygens (including phenoxy) is 1. The Morgan fingerprint density at radius 3 is 2.68 bits per heavy atom. The molecule has 0 aliphatic carbocycles. The Balaban J connectivity index is 1.58. The fourth-order valence-corrected chi connectivity index (χ4v) is 4.00. The molecule has 0 spiro atoms. The lowest BCUT2D eigenvalue weighted by molar-refractivity contribution is -0.119. The van der Waals surface area contributed by atoms with Crippen LogP contribution in [0.2, 0.25) is 0 Å². The Morgan fingerprint density at radius 2 is 2.00 bits per heavy atom. The molecule has 152 valence electrons. The maximum atomic E-state index is 12.4. The third-order valence-corrected chi connectivity index (χ3v) is 6.02. The fraction of sp³-hybridized carbons (Fsp3) is 0.550. The van der Waals surface area contributed by atoms with E-state index >= 15 is 0 Å². The maximum absolute atomic E-state index is 12.4. The van der Waals surface area contributed by atoms with E-state index in [-0.39, 0.29) is 11.9 Å². The van der Waals surface area contributed by atoms with E-state index < -0.39 is 0 Å². The van der Waals surface area contributed by atoms with E-state index in [0.717, 1.165) is 36.3 Å². The summed E-state index contributed by atoms with van der Waals surface area (Å²) in [7, 11) is 0. The lowest BCUT2D eigenvalue weighted by Crippen LogP contribution is -2.38. The van der Waals surface area contributed by atoms with Crippen LogP contribution < -0.4 is 10.2 Å². The molecule has 2 aromatic rings. The summed E-state index contributed by atoms with van der Waals surface area (Å²) < 4.78 is 7.48. The molecular formula is C20H29N5O2S. The fourth-order valence-electron chi connectivity index (χ4n) is 3.19. The molecule has 0 bridgehead atoms. The number of thioether (sulfide) groups is 1. The summed E-state index contributed by atoms with van der Waals surface area (Å²) in [6.07, 6.45) is 0. The second kappa shape index (κ2) is 9.43. The van der Waals surface area contributed by atoms with Crippen molar-refractivity contribution in [3.05, 3.63) is 34.9 Å². The average molecular weight is 404 g/mol. The van der Waals surface area contributed by atoms with Gasteiger partial charge in [-0.1, -0.05) is 30.0 Å². The summed E-state index contributed by atoms with van der Waals surface area (Å²) in [4.78, 5) is 14.6. The summed E-state index contributed by atoms with van der Waals surface area (Å²) in [5.74, 6) is 1.17. The second-order valence-electron chi connectivity index (χ2n) is 7.05. The minimum Gasteiger partial charge on any atom is -0.378 e. The van der Waals surface area contributed by atoms with Crippen LogP contribution in [-0.4, -0.2) is 52.7 Å². The van der Waals surface area contributed by atoms with Crippen molar-refractivity contribution in [2.24, 2.45) is 0 Å². The molecule has 1 aromatic heterocycles. The highest BCUT2D eigenvalue weighted by molar-refractivity contribution is 7.99. The van der Waals surface area contributed by atoms with Gasteiger partial charge in [0.05, 0.1) is 25.0 Å². The zero-order chi connectivity index (χ0) is 20.1. The molecule has 1 fully saturated rings. The number of aryl methyl sites for hydroxylation is 2. The van der Waals surface area contributed by atoms with Crippen LogP contribution in [0, 0.1) is 13.8 Å².